The van der Waals surface area contributed by atoms with Crippen LogP contribution in [-0.4, -0.2) is 31.1 Å². The molecule has 0 spiro atoms. The molecule has 0 aliphatic carbocycles. The molecule has 0 saturated heterocycles. The monoisotopic (exact) mass is 244 g/mol. The van der Waals surface area contributed by atoms with Crippen LogP contribution in [0.5, 0.6) is 0 Å². The summed E-state index contributed by atoms with van der Waals surface area (Å²) < 4.78 is 4.64. The van der Waals surface area contributed by atoms with Gasteiger partial charge in [-0.15, -0.1) is 0 Å². The lowest BCUT2D eigenvalue weighted by Gasteiger charge is -2.21. The Labute approximate surface area is 103 Å². The Morgan fingerprint density at radius 3 is 2.35 bits per heavy atom. The van der Waals surface area contributed by atoms with Gasteiger partial charge in [0.05, 0.1) is 13.2 Å². The molecule has 0 aromatic rings. The standard InChI is InChI=1S/C12H24N2O3/c1-5-6-7-9(13)11(15)14-10(8(2)3)12(16)17-4/h8-10H,5-7,13H2,1-4H3,(H,14,15)/t9-,10-/m0/s1. The third-order valence-electron chi connectivity index (χ3n) is 2.62. The van der Waals surface area contributed by atoms with Crippen molar-refractivity contribution in [3.8, 4) is 0 Å². The summed E-state index contributed by atoms with van der Waals surface area (Å²) in [4.78, 5) is 23.2. The number of methoxy groups -OCH3 is 1. The van der Waals surface area contributed by atoms with Crippen LogP contribution in [0.15, 0.2) is 0 Å². The van der Waals surface area contributed by atoms with E-state index in [1.807, 2.05) is 20.8 Å². The number of hydrogen-bond acceptors (Lipinski definition) is 4. The first-order valence-electron chi connectivity index (χ1n) is 6.07. The van der Waals surface area contributed by atoms with Crippen LogP contribution in [0.1, 0.15) is 40.0 Å². The number of esters is 1. The van der Waals surface area contributed by atoms with Crippen molar-refractivity contribution in [3.05, 3.63) is 0 Å². The molecule has 0 fully saturated rings. The summed E-state index contributed by atoms with van der Waals surface area (Å²) in [6.45, 7) is 5.73. The van der Waals surface area contributed by atoms with Gasteiger partial charge in [-0.25, -0.2) is 4.79 Å². The van der Waals surface area contributed by atoms with Crippen molar-refractivity contribution in [1.82, 2.24) is 5.32 Å². The van der Waals surface area contributed by atoms with Crippen molar-refractivity contribution in [1.29, 1.82) is 0 Å². The molecule has 0 aromatic carbocycles. The van der Waals surface area contributed by atoms with Gasteiger partial charge in [0, 0.05) is 0 Å². The van der Waals surface area contributed by atoms with Crippen molar-refractivity contribution < 1.29 is 14.3 Å². The van der Waals surface area contributed by atoms with Crippen molar-refractivity contribution >= 4 is 11.9 Å². The number of rotatable bonds is 7. The van der Waals surface area contributed by atoms with E-state index in [1.54, 1.807) is 0 Å². The van der Waals surface area contributed by atoms with E-state index < -0.39 is 18.1 Å². The Morgan fingerprint density at radius 1 is 1.35 bits per heavy atom. The zero-order valence-electron chi connectivity index (χ0n) is 11.2. The lowest BCUT2D eigenvalue weighted by Crippen LogP contribution is -2.50. The molecule has 0 bridgehead atoms. The molecule has 1 amide bonds. The van der Waals surface area contributed by atoms with Crippen molar-refractivity contribution in [2.24, 2.45) is 11.7 Å². The van der Waals surface area contributed by atoms with Gasteiger partial charge in [0.15, 0.2) is 0 Å². The maximum atomic E-state index is 11.7. The molecule has 2 atom stereocenters. The van der Waals surface area contributed by atoms with Crippen molar-refractivity contribution in [2.45, 2.75) is 52.1 Å². The van der Waals surface area contributed by atoms with E-state index >= 15 is 0 Å². The van der Waals surface area contributed by atoms with Crippen LogP contribution in [0.4, 0.5) is 0 Å². The average Bonchev–Trinajstić information content (AvgIpc) is 2.31. The lowest BCUT2D eigenvalue weighted by atomic mass is 10.0. The fourth-order valence-electron chi connectivity index (χ4n) is 1.44. The molecule has 0 unspecified atom stereocenters. The van der Waals surface area contributed by atoms with E-state index in [4.69, 9.17) is 5.73 Å². The molecule has 0 heterocycles. The molecule has 0 aliphatic heterocycles. The fraction of sp³-hybridized carbons (Fsp3) is 0.833. The van der Waals surface area contributed by atoms with Crippen LogP contribution in [0.2, 0.25) is 0 Å². The predicted molar refractivity (Wildman–Crippen MR) is 66.3 cm³/mol. The number of nitrogens with one attached hydrogen (secondary N) is 1. The molecule has 0 aliphatic rings. The number of carbonyl (C=O) groups excluding carboxylic acids is 2. The van der Waals surface area contributed by atoms with Crippen molar-refractivity contribution in [2.75, 3.05) is 7.11 Å². The number of nitrogens with two attached hydrogens (primary N) is 1. The molecule has 100 valence electrons. The minimum Gasteiger partial charge on any atom is -0.467 e. The summed E-state index contributed by atoms with van der Waals surface area (Å²) in [7, 11) is 1.31. The molecule has 0 radical (unpaired) electrons. The summed E-state index contributed by atoms with van der Waals surface area (Å²) in [5, 5.41) is 2.64. The Hall–Kier alpha value is -1.10. The minimum absolute atomic E-state index is 0.0234. The molecule has 17 heavy (non-hydrogen) atoms. The summed E-state index contributed by atoms with van der Waals surface area (Å²) in [5.74, 6) is -0.747. The minimum atomic E-state index is -0.625. The molecule has 0 rings (SSSR count). The maximum absolute atomic E-state index is 11.7. The fourth-order valence-corrected chi connectivity index (χ4v) is 1.44. The molecule has 0 saturated carbocycles. The summed E-state index contributed by atoms with van der Waals surface area (Å²) in [5.41, 5.74) is 5.73. The highest BCUT2D eigenvalue weighted by atomic mass is 16.5. The maximum Gasteiger partial charge on any atom is 0.328 e. The van der Waals surface area contributed by atoms with Gasteiger partial charge in [-0.1, -0.05) is 33.6 Å². The molecular weight excluding hydrogens is 220 g/mol. The first kappa shape index (κ1) is 15.9. The third-order valence-corrected chi connectivity index (χ3v) is 2.62. The van der Waals surface area contributed by atoms with Crippen LogP contribution >= 0.6 is 0 Å². The van der Waals surface area contributed by atoms with E-state index in [-0.39, 0.29) is 11.8 Å². The highest BCUT2D eigenvalue weighted by molar-refractivity contribution is 5.87. The largest absolute Gasteiger partial charge is 0.467 e. The first-order valence-corrected chi connectivity index (χ1v) is 6.07. The summed E-state index contributed by atoms with van der Waals surface area (Å²) in [6.07, 6.45) is 2.53. The number of hydrogen-bond donors (Lipinski definition) is 2. The van der Waals surface area contributed by atoms with Gasteiger partial charge in [-0.2, -0.15) is 0 Å². The number of unbranched alkanes of at least 4 members (excludes halogenated alkanes) is 1. The SMILES string of the molecule is CCCC[C@H](N)C(=O)N[C@H](C(=O)OC)C(C)C. The van der Waals surface area contributed by atoms with E-state index in [1.165, 1.54) is 7.11 Å². The Kier molecular flexibility index (Phi) is 7.54. The molecule has 0 aromatic heterocycles. The van der Waals surface area contributed by atoms with Gasteiger partial charge in [-0.05, 0) is 12.3 Å². The summed E-state index contributed by atoms with van der Waals surface area (Å²) >= 11 is 0. The second kappa shape index (κ2) is 8.06. The molecule has 5 heteroatoms. The van der Waals surface area contributed by atoms with E-state index in [2.05, 4.69) is 10.1 Å². The van der Waals surface area contributed by atoms with Gasteiger partial charge in [0.2, 0.25) is 5.91 Å². The molecule has 3 N–H and O–H groups in total. The predicted octanol–water partition coefficient (Wildman–Crippen LogP) is 0.818. The Morgan fingerprint density at radius 2 is 1.94 bits per heavy atom. The van der Waals surface area contributed by atoms with Crippen molar-refractivity contribution in [3.63, 3.8) is 0 Å². The smallest absolute Gasteiger partial charge is 0.328 e. The lowest BCUT2D eigenvalue weighted by molar-refractivity contribution is -0.146. The Bertz CT molecular complexity index is 254. The van der Waals surface area contributed by atoms with Gasteiger partial charge in [-0.3, -0.25) is 4.79 Å². The normalized spacial score (nSPS) is 14.2. The Balaban J connectivity index is 4.35. The van der Waals surface area contributed by atoms with Gasteiger partial charge in [0.25, 0.3) is 0 Å². The zero-order valence-corrected chi connectivity index (χ0v) is 11.2. The van der Waals surface area contributed by atoms with Crippen LogP contribution in [0.25, 0.3) is 0 Å². The number of ether oxygens (including phenoxy) is 1. The van der Waals surface area contributed by atoms with Crippen LogP contribution in [-0.2, 0) is 14.3 Å². The third kappa shape index (κ3) is 5.68. The van der Waals surface area contributed by atoms with E-state index in [0.29, 0.717) is 6.42 Å². The van der Waals surface area contributed by atoms with Crippen LogP contribution in [0.3, 0.4) is 0 Å². The first-order chi connectivity index (χ1) is 7.93. The topological polar surface area (TPSA) is 81.4 Å². The van der Waals surface area contributed by atoms with Gasteiger partial charge in [0.1, 0.15) is 6.04 Å². The van der Waals surface area contributed by atoms with E-state index in [9.17, 15) is 9.59 Å². The summed E-state index contributed by atoms with van der Waals surface area (Å²) in [6, 6.07) is -1.18. The van der Waals surface area contributed by atoms with Gasteiger partial charge >= 0.3 is 5.97 Å². The second-order valence-electron chi connectivity index (χ2n) is 4.50. The quantitative estimate of drug-likeness (QED) is 0.650. The average molecular weight is 244 g/mol. The molecule has 5 nitrogen and oxygen atoms in total. The highest BCUT2D eigenvalue weighted by Crippen LogP contribution is 2.05. The van der Waals surface area contributed by atoms with Crippen LogP contribution < -0.4 is 11.1 Å². The van der Waals surface area contributed by atoms with E-state index in [0.717, 1.165) is 12.8 Å². The van der Waals surface area contributed by atoms with Gasteiger partial charge < -0.3 is 15.8 Å². The highest BCUT2D eigenvalue weighted by Gasteiger charge is 2.26. The number of carbonyl (C=O) groups is 2. The number of amides is 1. The zero-order chi connectivity index (χ0) is 13.4. The molecular formula is C12H24N2O3. The van der Waals surface area contributed by atoms with Crippen LogP contribution in [0, 0.1) is 5.92 Å². The second-order valence-corrected chi connectivity index (χ2v) is 4.50.